The minimum absolute atomic E-state index is 0.398. The van der Waals surface area contributed by atoms with Crippen LogP contribution >= 0.6 is 0 Å². The minimum Gasteiger partial charge on any atom is -0.444 e. The minimum atomic E-state index is -0.579. The Hall–Kier alpha value is -1.46. The number of ether oxygens (including phenoxy) is 2. The molecular formula is C9H16N2O4. The first-order chi connectivity index (χ1) is 6.78. The fourth-order valence-corrected chi connectivity index (χ4v) is 1.10. The lowest BCUT2D eigenvalue weighted by Crippen LogP contribution is -2.48. The third-order valence-electron chi connectivity index (χ3n) is 1.71. The zero-order valence-corrected chi connectivity index (χ0v) is 9.29. The van der Waals surface area contributed by atoms with Crippen LogP contribution in [0.2, 0.25) is 0 Å². The van der Waals surface area contributed by atoms with Crippen molar-refractivity contribution in [1.29, 1.82) is 0 Å². The monoisotopic (exact) mass is 216 g/mol. The van der Waals surface area contributed by atoms with Gasteiger partial charge in [-0.25, -0.2) is 9.59 Å². The Balaban J connectivity index is 2.42. The summed E-state index contributed by atoms with van der Waals surface area (Å²) in [5.41, 5.74) is -0.559. The third-order valence-corrected chi connectivity index (χ3v) is 1.71. The fourth-order valence-electron chi connectivity index (χ4n) is 1.10. The van der Waals surface area contributed by atoms with Gasteiger partial charge in [0, 0.05) is 0 Å². The van der Waals surface area contributed by atoms with Crippen molar-refractivity contribution in [3.63, 3.8) is 0 Å². The van der Waals surface area contributed by atoms with Gasteiger partial charge in [0.2, 0.25) is 0 Å². The number of carbonyl (C=O) groups is 2. The Morgan fingerprint density at radius 3 is 2.53 bits per heavy atom. The molecule has 1 heterocycles. The van der Waals surface area contributed by atoms with E-state index in [4.69, 9.17) is 9.47 Å². The number of alkyl carbamates (subject to hydrolysis) is 2. The average Bonchev–Trinajstić information content (AvgIpc) is 2.25. The van der Waals surface area contributed by atoms with E-state index in [1.54, 1.807) is 27.7 Å². The van der Waals surface area contributed by atoms with E-state index in [2.05, 4.69) is 10.6 Å². The number of hydrogen-bond acceptors (Lipinski definition) is 4. The Kier molecular flexibility index (Phi) is 3.06. The lowest BCUT2D eigenvalue weighted by Gasteiger charge is -2.22. The second-order valence-corrected chi connectivity index (χ2v) is 4.38. The summed E-state index contributed by atoms with van der Waals surface area (Å²) in [4.78, 5) is 22.1. The molecule has 0 saturated carbocycles. The second kappa shape index (κ2) is 3.96. The van der Waals surface area contributed by atoms with E-state index in [0.29, 0.717) is 0 Å². The van der Waals surface area contributed by atoms with Gasteiger partial charge in [-0.1, -0.05) is 0 Å². The molecule has 0 radical (unpaired) electrons. The maximum Gasteiger partial charge on any atom is 0.409 e. The van der Waals surface area contributed by atoms with Crippen molar-refractivity contribution in [2.75, 3.05) is 0 Å². The fraction of sp³-hybridized carbons (Fsp3) is 0.778. The molecule has 1 aliphatic heterocycles. The zero-order chi connectivity index (χ0) is 11.6. The molecule has 0 aliphatic carbocycles. The predicted octanol–water partition coefficient (Wildman–Crippen LogP) is 0.965. The Morgan fingerprint density at radius 2 is 2.13 bits per heavy atom. The second-order valence-electron chi connectivity index (χ2n) is 4.38. The van der Waals surface area contributed by atoms with Crippen LogP contribution in [0, 0.1) is 0 Å². The van der Waals surface area contributed by atoms with Crippen molar-refractivity contribution in [3.8, 4) is 0 Å². The van der Waals surface area contributed by atoms with Gasteiger partial charge in [0.15, 0.2) is 0 Å². The maximum absolute atomic E-state index is 11.3. The van der Waals surface area contributed by atoms with E-state index >= 15 is 0 Å². The lowest BCUT2D eigenvalue weighted by molar-refractivity contribution is 0.0469. The highest BCUT2D eigenvalue weighted by Gasteiger charge is 2.32. The van der Waals surface area contributed by atoms with Gasteiger partial charge in [-0.15, -0.1) is 0 Å². The van der Waals surface area contributed by atoms with Crippen LogP contribution in [-0.2, 0) is 9.47 Å². The number of hydrogen-bond donors (Lipinski definition) is 2. The van der Waals surface area contributed by atoms with Crippen molar-refractivity contribution >= 4 is 12.2 Å². The summed E-state index contributed by atoms with van der Waals surface area (Å²) >= 11 is 0. The van der Waals surface area contributed by atoms with Crippen LogP contribution in [0.1, 0.15) is 27.7 Å². The molecule has 0 spiro atoms. The highest BCUT2D eigenvalue weighted by atomic mass is 16.6. The quantitative estimate of drug-likeness (QED) is 0.684. The first kappa shape index (κ1) is 11.6. The smallest absolute Gasteiger partial charge is 0.409 e. The van der Waals surface area contributed by atoms with Gasteiger partial charge >= 0.3 is 12.2 Å². The number of amides is 2. The molecule has 0 unspecified atom stereocenters. The summed E-state index contributed by atoms with van der Waals surface area (Å²) in [7, 11) is 0. The Bertz CT molecular complexity index is 272. The molecule has 0 aromatic heterocycles. The third kappa shape index (κ3) is 3.65. The van der Waals surface area contributed by atoms with Crippen molar-refractivity contribution in [1.82, 2.24) is 10.6 Å². The standard InChI is InChI=1S/C9H16N2O4/c1-5-6(10-7(12)14-5)11-8(13)15-9(2,3)4/h5-6H,1-4H3,(H,10,12)(H,11,13)/t5-,6+/m1/s1. The van der Waals surface area contributed by atoms with E-state index in [1.807, 2.05) is 0 Å². The van der Waals surface area contributed by atoms with E-state index < -0.39 is 30.1 Å². The summed E-state index contributed by atoms with van der Waals surface area (Å²) in [6.07, 6.45) is -2.05. The summed E-state index contributed by atoms with van der Waals surface area (Å²) in [5.74, 6) is 0. The van der Waals surface area contributed by atoms with Gasteiger partial charge in [-0.05, 0) is 27.7 Å². The van der Waals surface area contributed by atoms with Crippen LogP contribution in [0.25, 0.3) is 0 Å². The van der Waals surface area contributed by atoms with Gasteiger partial charge < -0.3 is 9.47 Å². The highest BCUT2D eigenvalue weighted by molar-refractivity contribution is 5.73. The van der Waals surface area contributed by atoms with Gasteiger partial charge in [0.1, 0.15) is 17.9 Å². The molecule has 0 aromatic carbocycles. The van der Waals surface area contributed by atoms with Crippen LogP contribution in [0.4, 0.5) is 9.59 Å². The Labute approximate surface area is 88.3 Å². The van der Waals surface area contributed by atoms with Crippen LogP contribution in [-0.4, -0.2) is 30.1 Å². The maximum atomic E-state index is 11.3. The van der Waals surface area contributed by atoms with E-state index in [9.17, 15) is 9.59 Å². The molecule has 2 N–H and O–H groups in total. The molecule has 6 heteroatoms. The van der Waals surface area contributed by atoms with Crippen LogP contribution in [0.5, 0.6) is 0 Å². The van der Waals surface area contributed by atoms with Crippen molar-refractivity contribution in [2.24, 2.45) is 0 Å². The molecule has 1 rings (SSSR count). The molecule has 1 fully saturated rings. The number of rotatable bonds is 1. The van der Waals surface area contributed by atoms with Crippen molar-refractivity contribution in [3.05, 3.63) is 0 Å². The SMILES string of the molecule is C[C@H]1OC(=O)N[C@H]1NC(=O)OC(C)(C)C. The molecule has 2 atom stereocenters. The Morgan fingerprint density at radius 1 is 1.53 bits per heavy atom. The van der Waals surface area contributed by atoms with Crippen LogP contribution < -0.4 is 10.6 Å². The van der Waals surface area contributed by atoms with Crippen molar-refractivity contribution < 1.29 is 19.1 Å². The molecular weight excluding hydrogens is 200 g/mol. The first-order valence-electron chi connectivity index (χ1n) is 4.74. The largest absolute Gasteiger partial charge is 0.444 e. The van der Waals surface area contributed by atoms with E-state index in [-0.39, 0.29) is 0 Å². The summed E-state index contributed by atoms with van der Waals surface area (Å²) in [6, 6.07) is 0. The van der Waals surface area contributed by atoms with Crippen LogP contribution in [0.3, 0.4) is 0 Å². The topological polar surface area (TPSA) is 76.7 Å². The molecule has 6 nitrogen and oxygen atoms in total. The van der Waals surface area contributed by atoms with E-state index in [1.165, 1.54) is 0 Å². The molecule has 2 amide bonds. The van der Waals surface area contributed by atoms with E-state index in [0.717, 1.165) is 0 Å². The normalized spacial score (nSPS) is 25.5. The molecule has 0 bridgehead atoms. The highest BCUT2D eigenvalue weighted by Crippen LogP contribution is 2.09. The summed E-state index contributed by atoms with van der Waals surface area (Å²) in [5, 5.41) is 4.94. The molecule has 1 saturated heterocycles. The molecule has 86 valence electrons. The lowest BCUT2D eigenvalue weighted by atomic mass is 10.2. The van der Waals surface area contributed by atoms with Gasteiger partial charge in [0.05, 0.1) is 0 Å². The first-order valence-corrected chi connectivity index (χ1v) is 4.74. The van der Waals surface area contributed by atoms with Gasteiger partial charge in [-0.2, -0.15) is 0 Å². The molecule has 15 heavy (non-hydrogen) atoms. The molecule has 1 aliphatic rings. The van der Waals surface area contributed by atoms with Crippen LogP contribution in [0.15, 0.2) is 0 Å². The zero-order valence-electron chi connectivity index (χ0n) is 9.29. The van der Waals surface area contributed by atoms with Gasteiger partial charge in [0.25, 0.3) is 0 Å². The number of nitrogens with one attached hydrogen (secondary N) is 2. The number of carbonyl (C=O) groups excluding carboxylic acids is 2. The van der Waals surface area contributed by atoms with Gasteiger partial charge in [-0.3, -0.25) is 10.6 Å². The predicted molar refractivity (Wildman–Crippen MR) is 52.2 cm³/mol. The summed E-state index contributed by atoms with van der Waals surface area (Å²) in [6.45, 7) is 6.97. The average molecular weight is 216 g/mol. The van der Waals surface area contributed by atoms with Crippen molar-refractivity contribution in [2.45, 2.75) is 45.6 Å². The molecule has 0 aromatic rings. The number of cyclic esters (lactones) is 1. The summed E-state index contributed by atoms with van der Waals surface area (Å²) < 4.78 is 9.81.